The second kappa shape index (κ2) is 6.15. The van der Waals surface area contributed by atoms with Gasteiger partial charge in [-0.1, -0.05) is 18.2 Å². The molecule has 0 unspecified atom stereocenters. The van der Waals surface area contributed by atoms with Gasteiger partial charge in [-0.2, -0.15) is 0 Å². The van der Waals surface area contributed by atoms with Gasteiger partial charge in [0, 0.05) is 17.6 Å². The van der Waals surface area contributed by atoms with Gasteiger partial charge in [0.2, 0.25) is 11.8 Å². The molecule has 2 aromatic rings. The van der Waals surface area contributed by atoms with Gasteiger partial charge in [0.1, 0.15) is 0 Å². The first-order valence-electron chi connectivity index (χ1n) is 6.75. The van der Waals surface area contributed by atoms with Gasteiger partial charge >= 0.3 is 0 Å². The minimum atomic E-state index is 0.0856. The molecule has 1 aromatic heterocycles. The molecular formula is C15H22N4O. The molecule has 0 amide bonds. The van der Waals surface area contributed by atoms with Crippen molar-refractivity contribution in [3.8, 4) is 11.5 Å². The van der Waals surface area contributed by atoms with Crippen LogP contribution in [-0.4, -0.2) is 41.3 Å². The van der Waals surface area contributed by atoms with Crippen LogP contribution >= 0.6 is 0 Å². The lowest BCUT2D eigenvalue weighted by molar-refractivity contribution is 0.188. The molecule has 0 radical (unpaired) electrons. The predicted octanol–water partition coefficient (Wildman–Crippen LogP) is 2.17. The Kier molecular flexibility index (Phi) is 4.52. The average molecular weight is 274 g/mol. The number of aromatic nitrogens is 2. The highest BCUT2D eigenvalue weighted by Crippen LogP contribution is 2.16. The van der Waals surface area contributed by atoms with Gasteiger partial charge < -0.3 is 14.6 Å². The lowest BCUT2D eigenvalue weighted by Crippen LogP contribution is -2.46. The zero-order valence-electron chi connectivity index (χ0n) is 12.6. The van der Waals surface area contributed by atoms with Crippen LogP contribution in [0, 0.1) is 0 Å². The van der Waals surface area contributed by atoms with Crippen LogP contribution in [0.4, 0.5) is 0 Å². The van der Waals surface area contributed by atoms with E-state index < -0.39 is 0 Å². The number of nitrogens with zero attached hydrogens (tertiary/aromatic N) is 3. The Labute approximate surface area is 120 Å². The van der Waals surface area contributed by atoms with Gasteiger partial charge in [0.05, 0.1) is 6.54 Å². The summed E-state index contributed by atoms with van der Waals surface area (Å²) in [6, 6.07) is 9.79. The molecule has 5 nitrogen and oxygen atoms in total. The summed E-state index contributed by atoms with van der Waals surface area (Å²) in [7, 11) is 4.14. The second-order valence-electron chi connectivity index (χ2n) is 5.68. The molecular weight excluding hydrogens is 252 g/mol. The van der Waals surface area contributed by atoms with Gasteiger partial charge in [0.25, 0.3) is 0 Å². The Balaban J connectivity index is 1.91. The van der Waals surface area contributed by atoms with Crippen LogP contribution in [0.2, 0.25) is 0 Å². The fraction of sp³-hybridized carbons (Fsp3) is 0.467. The van der Waals surface area contributed by atoms with E-state index in [4.69, 9.17) is 4.42 Å². The molecule has 1 aromatic carbocycles. The SMILES string of the molecule is CN(C)C(C)(C)CNCc1nnc(-c2ccccc2)o1. The number of hydrogen-bond donors (Lipinski definition) is 1. The molecule has 0 saturated heterocycles. The van der Waals surface area contributed by atoms with Crippen molar-refractivity contribution in [1.82, 2.24) is 20.4 Å². The first-order chi connectivity index (χ1) is 9.49. The molecule has 0 aliphatic rings. The molecule has 0 aliphatic heterocycles. The van der Waals surface area contributed by atoms with Gasteiger partial charge in [-0.05, 0) is 40.1 Å². The van der Waals surface area contributed by atoms with E-state index in [1.54, 1.807) is 0 Å². The summed E-state index contributed by atoms with van der Waals surface area (Å²) in [5, 5.41) is 11.5. The molecule has 1 heterocycles. The summed E-state index contributed by atoms with van der Waals surface area (Å²) in [6.45, 7) is 5.80. The maximum atomic E-state index is 5.65. The smallest absolute Gasteiger partial charge is 0.247 e. The highest BCUT2D eigenvalue weighted by molar-refractivity contribution is 5.51. The van der Waals surface area contributed by atoms with Crippen LogP contribution in [0.5, 0.6) is 0 Å². The Morgan fingerprint density at radius 3 is 2.50 bits per heavy atom. The van der Waals surface area contributed by atoms with Crippen molar-refractivity contribution >= 4 is 0 Å². The number of nitrogens with one attached hydrogen (secondary N) is 1. The van der Waals surface area contributed by atoms with Crippen molar-refractivity contribution in [1.29, 1.82) is 0 Å². The van der Waals surface area contributed by atoms with Gasteiger partial charge in [0.15, 0.2) is 0 Å². The van der Waals surface area contributed by atoms with E-state index in [1.165, 1.54) is 0 Å². The Morgan fingerprint density at radius 2 is 1.85 bits per heavy atom. The topological polar surface area (TPSA) is 54.2 Å². The zero-order chi connectivity index (χ0) is 14.6. The molecule has 0 saturated carbocycles. The maximum Gasteiger partial charge on any atom is 0.247 e. The average Bonchev–Trinajstić information content (AvgIpc) is 2.88. The predicted molar refractivity (Wildman–Crippen MR) is 79.2 cm³/mol. The summed E-state index contributed by atoms with van der Waals surface area (Å²) >= 11 is 0. The minimum Gasteiger partial charge on any atom is -0.419 e. The van der Waals surface area contributed by atoms with E-state index in [2.05, 4.69) is 48.4 Å². The van der Waals surface area contributed by atoms with E-state index in [1.807, 2.05) is 30.3 Å². The van der Waals surface area contributed by atoms with Gasteiger partial charge in [-0.25, -0.2) is 0 Å². The van der Waals surface area contributed by atoms with Crippen molar-refractivity contribution in [2.45, 2.75) is 25.9 Å². The van der Waals surface area contributed by atoms with Gasteiger partial charge in [-0.15, -0.1) is 10.2 Å². The lowest BCUT2D eigenvalue weighted by atomic mass is 10.0. The molecule has 1 N–H and O–H groups in total. The third kappa shape index (κ3) is 3.65. The normalized spacial score (nSPS) is 12.1. The molecule has 5 heteroatoms. The van der Waals surface area contributed by atoms with Crippen LogP contribution in [0.1, 0.15) is 19.7 Å². The first-order valence-corrected chi connectivity index (χ1v) is 6.75. The third-order valence-electron chi connectivity index (χ3n) is 3.53. The number of likely N-dealkylation sites (N-methyl/N-ethyl adjacent to an activating group) is 1. The molecule has 0 aliphatic carbocycles. The van der Waals surface area contributed by atoms with Crippen molar-refractivity contribution in [3.05, 3.63) is 36.2 Å². The highest BCUT2D eigenvalue weighted by Gasteiger charge is 2.20. The van der Waals surface area contributed by atoms with Crippen LogP contribution in [0.15, 0.2) is 34.7 Å². The summed E-state index contributed by atoms with van der Waals surface area (Å²) in [6.07, 6.45) is 0. The van der Waals surface area contributed by atoms with Crippen molar-refractivity contribution in [3.63, 3.8) is 0 Å². The molecule has 20 heavy (non-hydrogen) atoms. The molecule has 2 rings (SSSR count). The van der Waals surface area contributed by atoms with Crippen molar-refractivity contribution in [2.75, 3.05) is 20.6 Å². The zero-order valence-corrected chi connectivity index (χ0v) is 12.6. The number of hydrogen-bond acceptors (Lipinski definition) is 5. The Bertz CT molecular complexity index is 534. The van der Waals surface area contributed by atoms with E-state index >= 15 is 0 Å². The largest absolute Gasteiger partial charge is 0.419 e. The minimum absolute atomic E-state index is 0.0856. The Morgan fingerprint density at radius 1 is 1.15 bits per heavy atom. The molecule has 0 bridgehead atoms. The fourth-order valence-electron chi connectivity index (χ4n) is 1.66. The summed E-state index contributed by atoms with van der Waals surface area (Å²) in [5.41, 5.74) is 1.03. The van der Waals surface area contributed by atoms with Crippen molar-refractivity contribution < 1.29 is 4.42 Å². The van der Waals surface area contributed by atoms with E-state index in [-0.39, 0.29) is 5.54 Å². The molecule has 0 spiro atoms. The van der Waals surface area contributed by atoms with Gasteiger partial charge in [-0.3, -0.25) is 0 Å². The summed E-state index contributed by atoms with van der Waals surface area (Å²) in [5.74, 6) is 1.17. The quantitative estimate of drug-likeness (QED) is 0.875. The lowest BCUT2D eigenvalue weighted by Gasteiger charge is -2.32. The van der Waals surface area contributed by atoms with Crippen molar-refractivity contribution in [2.24, 2.45) is 0 Å². The molecule has 108 valence electrons. The second-order valence-corrected chi connectivity index (χ2v) is 5.68. The van der Waals surface area contributed by atoms with Crippen LogP contribution in [0.25, 0.3) is 11.5 Å². The standard InChI is InChI=1S/C15H22N4O/c1-15(2,19(3)4)11-16-10-13-17-18-14(20-13)12-8-6-5-7-9-12/h5-9,16H,10-11H2,1-4H3. The first kappa shape index (κ1) is 14.7. The molecule has 0 atom stereocenters. The highest BCUT2D eigenvalue weighted by atomic mass is 16.4. The third-order valence-corrected chi connectivity index (χ3v) is 3.53. The van der Waals surface area contributed by atoms with E-state index in [0.29, 0.717) is 18.3 Å². The summed E-state index contributed by atoms with van der Waals surface area (Å²) < 4.78 is 5.65. The number of rotatable bonds is 6. The number of benzene rings is 1. The van der Waals surface area contributed by atoms with E-state index in [9.17, 15) is 0 Å². The van der Waals surface area contributed by atoms with Crippen LogP contribution in [-0.2, 0) is 6.54 Å². The van der Waals surface area contributed by atoms with Crippen LogP contribution < -0.4 is 5.32 Å². The maximum absolute atomic E-state index is 5.65. The molecule has 0 fully saturated rings. The summed E-state index contributed by atoms with van der Waals surface area (Å²) in [4.78, 5) is 2.18. The monoisotopic (exact) mass is 274 g/mol. The van der Waals surface area contributed by atoms with E-state index in [0.717, 1.165) is 12.1 Å². The fourth-order valence-corrected chi connectivity index (χ4v) is 1.66. The Hall–Kier alpha value is -1.72. The van der Waals surface area contributed by atoms with Crippen LogP contribution in [0.3, 0.4) is 0 Å².